The monoisotopic (exact) mass is 191 g/mol. The number of benzene rings is 1. The average molecular weight is 191 g/mol. The van der Waals surface area contributed by atoms with Crippen molar-refractivity contribution >= 4 is 16.9 Å². The molecule has 0 saturated heterocycles. The van der Waals surface area contributed by atoms with Crippen LogP contribution in [0.2, 0.25) is 0 Å². The smallest absolute Gasteiger partial charge is 0.307 e. The Morgan fingerprint density at radius 3 is 3.07 bits per heavy atom. The number of hydrogen-bond acceptors (Lipinski definition) is 3. The predicted molar refractivity (Wildman–Crippen MR) is 50.1 cm³/mol. The molecule has 1 aromatic heterocycles. The summed E-state index contributed by atoms with van der Waals surface area (Å²) in [5.74, 6) is -0.849. The van der Waals surface area contributed by atoms with E-state index in [1.807, 2.05) is 19.1 Å². The van der Waals surface area contributed by atoms with E-state index in [0.29, 0.717) is 5.58 Å². The van der Waals surface area contributed by atoms with Gasteiger partial charge in [-0.1, -0.05) is 11.2 Å². The quantitative estimate of drug-likeness (QED) is 0.785. The standard InChI is InChI=1S/C10H9NO3/c1-6-2-7(4-10(12)13)8-5-11-14-9(8)3-6/h2-3,5H,4H2,1H3,(H,12,13). The number of aromatic nitrogens is 1. The third-order valence-corrected chi connectivity index (χ3v) is 2.05. The molecule has 0 radical (unpaired) electrons. The van der Waals surface area contributed by atoms with Gasteiger partial charge in [-0.15, -0.1) is 0 Å². The van der Waals surface area contributed by atoms with E-state index in [1.54, 1.807) is 6.20 Å². The highest BCUT2D eigenvalue weighted by Crippen LogP contribution is 2.20. The molecule has 0 atom stereocenters. The zero-order valence-electron chi connectivity index (χ0n) is 7.65. The Balaban J connectivity index is 2.60. The topological polar surface area (TPSA) is 63.3 Å². The number of aryl methyl sites for hydroxylation is 1. The molecular weight excluding hydrogens is 182 g/mol. The molecule has 72 valence electrons. The van der Waals surface area contributed by atoms with Crippen LogP contribution < -0.4 is 0 Å². The maximum absolute atomic E-state index is 10.6. The Hall–Kier alpha value is -1.84. The molecule has 0 spiro atoms. The summed E-state index contributed by atoms with van der Waals surface area (Å²) < 4.78 is 4.98. The van der Waals surface area contributed by atoms with Crippen molar-refractivity contribution < 1.29 is 14.4 Å². The van der Waals surface area contributed by atoms with Crippen molar-refractivity contribution in [2.75, 3.05) is 0 Å². The molecular formula is C10H9NO3. The molecule has 0 aliphatic rings. The lowest BCUT2D eigenvalue weighted by Crippen LogP contribution is -2.00. The molecule has 0 bridgehead atoms. The Kier molecular flexibility index (Phi) is 1.96. The summed E-state index contributed by atoms with van der Waals surface area (Å²) in [6, 6.07) is 3.68. The fourth-order valence-electron chi connectivity index (χ4n) is 1.50. The highest BCUT2D eigenvalue weighted by molar-refractivity contribution is 5.85. The molecule has 1 heterocycles. The van der Waals surface area contributed by atoms with Gasteiger partial charge in [0.25, 0.3) is 0 Å². The van der Waals surface area contributed by atoms with Crippen LogP contribution in [0.5, 0.6) is 0 Å². The van der Waals surface area contributed by atoms with Crippen LogP contribution in [0.15, 0.2) is 22.9 Å². The number of fused-ring (bicyclic) bond motifs is 1. The molecule has 2 rings (SSSR count). The number of carbonyl (C=O) groups is 1. The van der Waals surface area contributed by atoms with Crippen LogP contribution >= 0.6 is 0 Å². The first-order valence-corrected chi connectivity index (χ1v) is 4.22. The van der Waals surface area contributed by atoms with Gasteiger partial charge in [0.05, 0.1) is 12.6 Å². The molecule has 0 saturated carbocycles. The fraction of sp³-hybridized carbons (Fsp3) is 0.200. The van der Waals surface area contributed by atoms with Crippen molar-refractivity contribution in [1.29, 1.82) is 0 Å². The second kappa shape index (κ2) is 3.14. The van der Waals surface area contributed by atoms with Gasteiger partial charge < -0.3 is 9.63 Å². The van der Waals surface area contributed by atoms with E-state index in [-0.39, 0.29) is 6.42 Å². The zero-order chi connectivity index (χ0) is 10.1. The fourth-order valence-corrected chi connectivity index (χ4v) is 1.50. The zero-order valence-corrected chi connectivity index (χ0v) is 7.65. The molecule has 4 heteroatoms. The lowest BCUT2D eigenvalue weighted by atomic mass is 10.0. The maximum Gasteiger partial charge on any atom is 0.307 e. The highest BCUT2D eigenvalue weighted by Gasteiger charge is 2.09. The van der Waals surface area contributed by atoms with E-state index < -0.39 is 5.97 Å². The van der Waals surface area contributed by atoms with Gasteiger partial charge in [0.2, 0.25) is 0 Å². The van der Waals surface area contributed by atoms with Gasteiger partial charge in [-0.2, -0.15) is 0 Å². The van der Waals surface area contributed by atoms with E-state index in [9.17, 15) is 4.79 Å². The third kappa shape index (κ3) is 1.46. The van der Waals surface area contributed by atoms with Crippen LogP contribution in [0.3, 0.4) is 0 Å². The van der Waals surface area contributed by atoms with Crippen molar-refractivity contribution in [2.24, 2.45) is 0 Å². The Labute approximate surface area is 80.1 Å². The van der Waals surface area contributed by atoms with E-state index >= 15 is 0 Å². The summed E-state index contributed by atoms with van der Waals surface area (Å²) in [5.41, 5.74) is 2.36. The summed E-state index contributed by atoms with van der Waals surface area (Å²) in [6.07, 6.45) is 1.55. The minimum atomic E-state index is -0.849. The van der Waals surface area contributed by atoms with Gasteiger partial charge in [-0.3, -0.25) is 4.79 Å². The molecule has 4 nitrogen and oxygen atoms in total. The van der Waals surface area contributed by atoms with Crippen LogP contribution in [0.25, 0.3) is 11.0 Å². The molecule has 0 unspecified atom stereocenters. The normalized spacial score (nSPS) is 10.6. The summed E-state index contributed by atoms with van der Waals surface area (Å²) in [6.45, 7) is 1.90. The van der Waals surface area contributed by atoms with Crippen molar-refractivity contribution in [3.8, 4) is 0 Å². The molecule has 2 aromatic rings. The number of aliphatic carboxylic acids is 1. The van der Waals surface area contributed by atoms with Crippen LogP contribution in [0.1, 0.15) is 11.1 Å². The minimum Gasteiger partial charge on any atom is -0.481 e. The number of hydrogen-bond donors (Lipinski definition) is 1. The first kappa shape index (κ1) is 8.74. The Bertz CT molecular complexity index is 487. The number of carboxylic acid groups (broad SMARTS) is 1. The van der Waals surface area contributed by atoms with E-state index in [0.717, 1.165) is 16.5 Å². The summed E-state index contributed by atoms with van der Waals surface area (Å²) in [7, 11) is 0. The van der Waals surface area contributed by atoms with Crippen LogP contribution in [-0.2, 0) is 11.2 Å². The maximum atomic E-state index is 10.6. The summed E-state index contributed by atoms with van der Waals surface area (Å²) in [5, 5.41) is 13.1. The minimum absolute atomic E-state index is 0.000602. The number of nitrogens with zero attached hydrogens (tertiary/aromatic N) is 1. The SMILES string of the molecule is Cc1cc(CC(=O)O)c2cnoc2c1. The van der Waals surface area contributed by atoms with Crippen molar-refractivity contribution in [3.05, 3.63) is 29.5 Å². The molecule has 0 fully saturated rings. The number of rotatable bonds is 2. The van der Waals surface area contributed by atoms with Crippen LogP contribution in [0.4, 0.5) is 0 Å². The van der Waals surface area contributed by atoms with Crippen LogP contribution in [-0.4, -0.2) is 16.2 Å². The van der Waals surface area contributed by atoms with Gasteiger partial charge in [-0.25, -0.2) is 0 Å². The Morgan fingerprint density at radius 1 is 1.57 bits per heavy atom. The Morgan fingerprint density at radius 2 is 2.36 bits per heavy atom. The van der Waals surface area contributed by atoms with E-state index in [4.69, 9.17) is 9.63 Å². The second-order valence-corrected chi connectivity index (χ2v) is 3.23. The highest BCUT2D eigenvalue weighted by atomic mass is 16.5. The molecule has 1 aromatic carbocycles. The van der Waals surface area contributed by atoms with Gasteiger partial charge in [0.15, 0.2) is 5.58 Å². The van der Waals surface area contributed by atoms with Crippen molar-refractivity contribution in [2.45, 2.75) is 13.3 Å². The average Bonchev–Trinajstić information content (AvgIpc) is 2.50. The molecule has 1 N–H and O–H groups in total. The number of carboxylic acids is 1. The third-order valence-electron chi connectivity index (χ3n) is 2.05. The van der Waals surface area contributed by atoms with Crippen molar-refractivity contribution in [1.82, 2.24) is 5.16 Å². The first-order chi connectivity index (χ1) is 6.66. The first-order valence-electron chi connectivity index (χ1n) is 4.22. The second-order valence-electron chi connectivity index (χ2n) is 3.23. The molecule has 0 aliphatic heterocycles. The molecule has 0 aliphatic carbocycles. The summed E-state index contributed by atoms with van der Waals surface area (Å²) in [4.78, 5) is 10.6. The van der Waals surface area contributed by atoms with Gasteiger partial charge >= 0.3 is 5.97 Å². The van der Waals surface area contributed by atoms with Gasteiger partial charge in [-0.05, 0) is 24.1 Å². The van der Waals surface area contributed by atoms with Gasteiger partial charge in [0, 0.05) is 5.39 Å². The lowest BCUT2D eigenvalue weighted by molar-refractivity contribution is -0.136. The summed E-state index contributed by atoms with van der Waals surface area (Å²) >= 11 is 0. The largest absolute Gasteiger partial charge is 0.481 e. The van der Waals surface area contributed by atoms with Crippen molar-refractivity contribution in [3.63, 3.8) is 0 Å². The van der Waals surface area contributed by atoms with E-state index in [2.05, 4.69) is 5.16 Å². The molecule has 14 heavy (non-hydrogen) atoms. The van der Waals surface area contributed by atoms with Gasteiger partial charge in [0.1, 0.15) is 0 Å². The van der Waals surface area contributed by atoms with E-state index in [1.165, 1.54) is 0 Å². The lowest BCUT2D eigenvalue weighted by Gasteiger charge is -1.99. The predicted octanol–water partition coefficient (Wildman–Crippen LogP) is 1.76. The molecule has 0 amide bonds. The van der Waals surface area contributed by atoms with Crippen LogP contribution in [0, 0.1) is 6.92 Å².